The van der Waals surface area contributed by atoms with Crippen LogP contribution in [0.15, 0.2) is 46.0 Å². The van der Waals surface area contributed by atoms with Gasteiger partial charge < -0.3 is 0 Å². The molecular formula is C13H15BrN4O2S. The van der Waals surface area contributed by atoms with E-state index in [2.05, 4.69) is 26.1 Å². The molecule has 0 unspecified atom stereocenters. The largest absolute Gasteiger partial charge is 0.243 e. The third-order valence-corrected chi connectivity index (χ3v) is 6.08. The van der Waals surface area contributed by atoms with Crippen LogP contribution in [-0.4, -0.2) is 40.8 Å². The first kappa shape index (κ1) is 14.7. The fourth-order valence-electron chi connectivity index (χ4n) is 2.48. The van der Waals surface area contributed by atoms with Gasteiger partial charge in [-0.25, -0.2) is 8.42 Å². The SMILES string of the molecule is O=S(=O)(c1ccc(Br)cc1)N1CCC(n2nccn2)CC1. The van der Waals surface area contributed by atoms with Gasteiger partial charge in [-0.15, -0.1) is 0 Å². The molecule has 0 bridgehead atoms. The fourth-order valence-corrected chi connectivity index (χ4v) is 4.22. The Morgan fingerprint density at radius 2 is 1.62 bits per heavy atom. The second kappa shape index (κ2) is 5.86. The van der Waals surface area contributed by atoms with Crippen molar-refractivity contribution in [3.8, 4) is 0 Å². The van der Waals surface area contributed by atoms with E-state index in [-0.39, 0.29) is 6.04 Å². The minimum absolute atomic E-state index is 0.177. The van der Waals surface area contributed by atoms with Crippen LogP contribution in [0.1, 0.15) is 18.9 Å². The highest BCUT2D eigenvalue weighted by Gasteiger charge is 2.30. The van der Waals surface area contributed by atoms with Crippen molar-refractivity contribution in [3.05, 3.63) is 41.1 Å². The van der Waals surface area contributed by atoms with Gasteiger partial charge in [0.05, 0.1) is 23.3 Å². The average molecular weight is 371 g/mol. The first-order valence-electron chi connectivity index (χ1n) is 6.69. The average Bonchev–Trinajstić information content (AvgIpc) is 3.02. The van der Waals surface area contributed by atoms with Gasteiger partial charge in [0, 0.05) is 17.6 Å². The van der Waals surface area contributed by atoms with E-state index in [1.807, 2.05) is 0 Å². The van der Waals surface area contributed by atoms with Gasteiger partial charge in [0.15, 0.2) is 0 Å². The maximum absolute atomic E-state index is 12.6. The highest BCUT2D eigenvalue weighted by atomic mass is 79.9. The minimum atomic E-state index is -3.41. The molecule has 112 valence electrons. The summed E-state index contributed by atoms with van der Waals surface area (Å²) in [7, 11) is -3.41. The molecule has 0 spiro atoms. The smallest absolute Gasteiger partial charge is 0.207 e. The summed E-state index contributed by atoms with van der Waals surface area (Å²) in [5.74, 6) is 0. The summed E-state index contributed by atoms with van der Waals surface area (Å²) in [4.78, 5) is 2.00. The zero-order chi connectivity index (χ0) is 14.9. The van der Waals surface area contributed by atoms with Crippen LogP contribution in [-0.2, 0) is 10.0 Å². The van der Waals surface area contributed by atoms with E-state index in [0.717, 1.165) is 17.3 Å². The van der Waals surface area contributed by atoms with Crippen LogP contribution in [0.4, 0.5) is 0 Å². The molecule has 1 saturated heterocycles. The molecule has 1 aliphatic rings. The van der Waals surface area contributed by atoms with Crippen molar-refractivity contribution in [1.29, 1.82) is 0 Å². The number of rotatable bonds is 3. The maximum Gasteiger partial charge on any atom is 0.243 e. The summed E-state index contributed by atoms with van der Waals surface area (Å²) in [5, 5.41) is 8.25. The zero-order valence-electron chi connectivity index (χ0n) is 11.3. The van der Waals surface area contributed by atoms with Crippen molar-refractivity contribution >= 4 is 26.0 Å². The molecule has 2 heterocycles. The topological polar surface area (TPSA) is 68.1 Å². The molecule has 21 heavy (non-hydrogen) atoms. The Hall–Kier alpha value is -1.25. The molecule has 0 saturated carbocycles. The highest BCUT2D eigenvalue weighted by molar-refractivity contribution is 9.10. The van der Waals surface area contributed by atoms with Gasteiger partial charge in [-0.05, 0) is 37.1 Å². The van der Waals surface area contributed by atoms with Crippen molar-refractivity contribution in [1.82, 2.24) is 19.3 Å². The predicted octanol–water partition coefficient (Wildman–Crippen LogP) is 2.07. The summed E-state index contributed by atoms with van der Waals surface area (Å²) in [6.07, 6.45) is 4.74. The number of sulfonamides is 1. The van der Waals surface area contributed by atoms with Crippen LogP contribution in [0, 0.1) is 0 Å². The van der Waals surface area contributed by atoms with E-state index in [0.29, 0.717) is 18.0 Å². The molecule has 0 radical (unpaired) electrons. The summed E-state index contributed by atoms with van der Waals surface area (Å²) < 4.78 is 27.5. The molecule has 3 rings (SSSR count). The number of nitrogens with zero attached hydrogens (tertiary/aromatic N) is 4. The second-order valence-corrected chi connectivity index (χ2v) is 7.79. The van der Waals surface area contributed by atoms with Gasteiger partial charge in [0.1, 0.15) is 0 Å². The van der Waals surface area contributed by atoms with Crippen molar-refractivity contribution in [2.24, 2.45) is 0 Å². The molecular weight excluding hydrogens is 356 g/mol. The normalized spacial score (nSPS) is 18.0. The molecule has 0 atom stereocenters. The molecule has 1 aromatic heterocycles. The van der Waals surface area contributed by atoms with Crippen LogP contribution in [0.25, 0.3) is 0 Å². The molecule has 0 aliphatic carbocycles. The molecule has 1 fully saturated rings. The van der Waals surface area contributed by atoms with Gasteiger partial charge in [-0.3, -0.25) is 0 Å². The van der Waals surface area contributed by atoms with E-state index in [1.54, 1.807) is 41.5 Å². The third-order valence-electron chi connectivity index (χ3n) is 3.64. The molecule has 6 nitrogen and oxygen atoms in total. The molecule has 2 aromatic rings. The Balaban J connectivity index is 1.72. The maximum atomic E-state index is 12.6. The number of hydrogen-bond acceptors (Lipinski definition) is 4. The van der Waals surface area contributed by atoms with Gasteiger partial charge >= 0.3 is 0 Å². The third kappa shape index (κ3) is 3.02. The van der Waals surface area contributed by atoms with Crippen LogP contribution in [0.2, 0.25) is 0 Å². The lowest BCUT2D eigenvalue weighted by atomic mass is 10.1. The summed E-state index contributed by atoms with van der Waals surface area (Å²) in [6, 6.07) is 6.92. The Kier molecular flexibility index (Phi) is 4.10. The summed E-state index contributed by atoms with van der Waals surface area (Å²) in [5.41, 5.74) is 0. The minimum Gasteiger partial charge on any atom is -0.207 e. The molecule has 0 amide bonds. The number of benzene rings is 1. The lowest BCUT2D eigenvalue weighted by molar-refractivity contribution is 0.245. The Labute approximate surface area is 131 Å². The summed E-state index contributed by atoms with van der Waals surface area (Å²) in [6.45, 7) is 0.981. The van der Waals surface area contributed by atoms with Crippen molar-refractivity contribution in [3.63, 3.8) is 0 Å². The van der Waals surface area contributed by atoms with Crippen LogP contribution in [0.3, 0.4) is 0 Å². The van der Waals surface area contributed by atoms with Gasteiger partial charge in [-0.1, -0.05) is 15.9 Å². The zero-order valence-corrected chi connectivity index (χ0v) is 13.7. The lowest BCUT2D eigenvalue weighted by Gasteiger charge is -2.30. The number of piperidine rings is 1. The number of aromatic nitrogens is 3. The molecule has 8 heteroatoms. The van der Waals surface area contributed by atoms with E-state index >= 15 is 0 Å². The van der Waals surface area contributed by atoms with Crippen LogP contribution in [0.5, 0.6) is 0 Å². The number of hydrogen-bond donors (Lipinski definition) is 0. The van der Waals surface area contributed by atoms with E-state index in [4.69, 9.17) is 0 Å². The van der Waals surface area contributed by atoms with E-state index < -0.39 is 10.0 Å². The van der Waals surface area contributed by atoms with E-state index in [9.17, 15) is 8.42 Å². The van der Waals surface area contributed by atoms with Crippen molar-refractivity contribution < 1.29 is 8.42 Å². The Bertz CT molecular complexity index is 692. The highest BCUT2D eigenvalue weighted by Crippen LogP contribution is 2.26. The van der Waals surface area contributed by atoms with Gasteiger partial charge in [0.25, 0.3) is 0 Å². The van der Waals surface area contributed by atoms with Crippen LogP contribution >= 0.6 is 15.9 Å². The van der Waals surface area contributed by atoms with Gasteiger partial charge in [0.2, 0.25) is 10.0 Å². The number of halogens is 1. The monoisotopic (exact) mass is 370 g/mol. The standard InChI is InChI=1S/C13H15BrN4O2S/c14-11-1-3-13(4-2-11)21(19,20)17-9-5-12(6-10-17)18-15-7-8-16-18/h1-4,7-8,12H,5-6,9-10H2. The lowest BCUT2D eigenvalue weighted by Crippen LogP contribution is -2.39. The van der Waals surface area contributed by atoms with Crippen molar-refractivity contribution in [2.75, 3.05) is 13.1 Å². The fraction of sp³-hybridized carbons (Fsp3) is 0.385. The summed E-state index contributed by atoms with van der Waals surface area (Å²) >= 11 is 3.31. The van der Waals surface area contributed by atoms with E-state index in [1.165, 1.54) is 4.31 Å². The molecule has 1 aromatic carbocycles. The first-order chi connectivity index (χ1) is 10.1. The van der Waals surface area contributed by atoms with Crippen molar-refractivity contribution in [2.45, 2.75) is 23.8 Å². The predicted molar refractivity (Wildman–Crippen MR) is 81.2 cm³/mol. The Morgan fingerprint density at radius 3 is 2.19 bits per heavy atom. The van der Waals surface area contributed by atoms with Crippen LogP contribution < -0.4 is 0 Å². The molecule has 1 aliphatic heterocycles. The molecule has 0 N–H and O–H groups in total. The quantitative estimate of drug-likeness (QED) is 0.829. The van der Waals surface area contributed by atoms with Gasteiger partial charge in [-0.2, -0.15) is 19.3 Å². The second-order valence-electron chi connectivity index (χ2n) is 4.94. The Morgan fingerprint density at radius 1 is 1.05 bits per heavy atom. The first-order valence-corrected chi connectivity index (χ1v) is 8.92.